The molecule has 1 amide bonds. The number of hydrogen-bond acceptors (Lipinski definition) is 3. The smallest absolute Gasteiger partial charge is 0.416 e. The van der Waals surface area contributed by atoms with Gasteiger partial charge in [0.1, 0.15) is 6.61 Å². The molecule has 0 radical (unpaired) electrons. The van der Waals surface area contributed by atoms with Gasteiger partial charge < -0.3 is 9.84 Å². The Balaban J connectivity index is 2.15. The van der Waals surface area contributed by atoms with Gasteiger partial charge in [0.15, 0.2) is 0 Å². The van der Waals surface area contributed by atoms with Crippen molar-refractivity contribution in [2.45, 2.75) is 31.6 Å². The molecule has 2 rings (SSSR count). The summed E-state index contributed by atoms with van der Waals surface area (Å²) in [5.41, 5.74) is -0.798. The molecular formula is C14H16F3NO3. The number of halogens is 3. The molecular weight excluding hydrogens is 287 g/mol. The lowest BCUT2D eigenvalue weighted by Crippen LogP contribution is -2.44. The summed E-state index contributed by atoms with van der Waals surface area (Å²) in [7, 11) is 0. The lowest BCUT2D eigenvalue weighted by Gasteiger charge is -2.31. The molecule has 0 aliphatic carbocycles. The van der Waals surface area contributed by atoms with Crippen LogP contribution in [0, 0.1) is 0 Å². The van der Waals surface area contributed by atoms with Crippen LogP contribution in [0.25, 0.3) is 0 Å². The molecule has 7 heteroatoms. The van der Waals surface area contributed by atoms with Crippen LogP contribution in [0.15, 0.2) is 24.3 Å². The van der Waals surface area contributed by atoms with Gasteiger partial charge in [0.25, 0.3) is 0 Å². The summed E-state index contributed by atoms with van der Waals surface area (Å²) in [6.07, 6.45) is -4.55. The Morgan fingerprint density at radius 3 is 2.48 bits per heavy atom. The van der Waals surface area contributed by atoms with Gasteiger partial charge in [0.05, 0.1) is 11.1 Å². The highest BCUT2D eigenvalue weighted by atomic mass is 19.4. The van der Waals surface area contributed by atoms with E-state index in [0.717, 1.165) is 12.1 Å². The highest BCUT2D eigenvalue weighted by Gasteiger charge is 2.43. The van der Waals surface area contributed by atoms with Crippen molar-refractivity contribution in [3.05, 3.63) is 35.4 Å². The van der Waals surface area contributed by atoms with Crippen molar-refractivity contribution in [1.82, 2.24) is 4.90 Å². The zero-order chi connectivity index (χ0) is 15.7. The fourth-order valence-electron chi connectivity index (χ4n) is 2.28. The van der Waals surface area contributed by atoms with Crippen LogP contribution in [0.5, 0.6) is 0 Å². The topological polar surface area (TPSA) is 49.8 Å². The highest BCUT2D eigenvalue weighted by Crippen LogP contribution is 2.31. The number of benzene rings is 1. The molecule has 0 saturated carbocycles. The van der Waals surface area contributed by atoms with E-state index in [9.17, 15) is 18.0 Å². The van der Waals surface area contributed by atoms with Crippen molar-refractivity contribution < 1.29 is 27.8 Å². The molecule has 1 aliphatic heterocycles. The van der Waals surface area contributed by atoms with E-state index in [-0.39, 0.29) is 19.8 Å². The van der Waals surface area contributed by atoms with Gasteiger partial charge >= 0.3 is 12.3 Å². The van der Waals surface area contributed by atoms with Crippen molar-refractivity contribution in [3.8, 4) is 0 Å². The van der Waals surface area contributed by atoms with Crippen LogP contribution in [0.3, 0.4) is 0 Å². The van der Waals surface area contributed by atoms with Crippen molar-refractivity contribution >= 4 is 6.09 Å². The maximum absolute atomic E-state index is 12.5. The summed E-state index contributed by atoms with van der Waals surface area (Å²) < 4.78 is 42.5. The van der Waals surface area contributed by atoms with Crippen LogP contribution in [-0.4, -0.2) is 34.9 Å². The number of carbonyl (C=O) groups excluding carboxylic acids is 1. The first-order valence-corrected chi connectivity index (χ1v) is 6.48. The Kier molecular flexibility index (Phi) is 4.13. The fourth-order valence-corrected chi connectivity index (χ4v) is 2.28. The molecule has 0 bridgehead atoms. The van der Waals surface area contributed by atoms with Crippen LogP contribution >= 0.6 is 0 Å². The third-order valence-electron chi connectivity index (χ3n) is 3.65. The second-order valence-corrected chi connectivity index (χ2v) is 5.31. The van der Waals surface area contributed by atoms with Crippen LogP contribution in [0.1, 0.15) is 24.5 Å². The summed E-state index contributed by atoms with van der Waals surface area (Å²) in [6.45, 7) is 1.98. The molecule has 1 aromatic carbocycles. The Hall–Kier alpha value is -1.76. The summed E-state index contributed by atoms with van der Waals surface area (Å²) >= 11 is 0. The number of nitrogens with zero attached hydrogens (tertiary/aromatic N) is 1. The molecule has 1 saturated heterocycles. The average Bonchev–Trinajstić information content (AvgIpc) is 2.67. The quantitative estimate of drug-likeness (QED) is 0.930. The monoisotopic (exact) mass is 303 g/mol. The van der Waals surface area contributed by atoms with Crippen molar-refractivity contribution in [2.75, 3.05) is 13.2 Å². The lowest BCUT2D eigenvalue weighted by molar-refractivity contribution is -0.137. The summed E-state index contributed by atoms with van der Waals surface area (Å²) in [4.78, 5) is 13.2. The predicted molar refractivity (Wildman–Crippen MR) is 68.4 cm³/mol. The van der Waals surface area contributed by atoms with E-state index in [2.05, 4.69) is 0 Å². The summed E-state index contributed by atoms with van der Waals surface area (Å²) in [6, 6.07) is 4.65. The zero-order valence-electron chi connectivity index (χ0n) is 11.5. The van der Waals surface area contributed by atoms with Crippen molar-refractivity contribution in [2.24, 2.45) is 0 Å². The zero-order valence-corrected chi connectivity index (χ0v) is 11.5. The number of aliphatic hydroxyl groups is 1. The number of cyclic esters (lactones) is 1. The average molecular weight is 303 g/mol. The van der Waals surface area contributed by atoms with Gasteiger partial charge in [-0.05, 0) is 31.0 Å². The molecule has 1 aliphatic rings. The first-order valence-electron chi connectivity index (χ1n) is 6.48. The third kappa shape index (κ3) is 3.29. The SMILES string of the molecule is CC1(CCO)COC(=O)N1Cc1ccc(C(F)(F)F)cc1. The van der Waals surface area contributed by atoms with E-state index in [1.165, 1.54) is 17.0 Å². The molecule has 4 nitrogen and oxygen atoms in total. The molecule has 1 atom stereocenters. The number of aliphatic hydroxyl groups excluding tert-OH is 1. The summed E-state index contributed by atoms with van der Waals surface area (Å²) in [5.74, 6) is 0. The Morgan fingerprint density at radius 1 is 1.33 bits per heavy atom. The minimum absolute atomic E-state index is 0.101. The minimum Gasteiger partial charge on any atom is -0.447 e. The van der Waals surface area contributed by atoms with Crippen LogP contribution in [0.2, 0.25) is 0 Å². The molecule has 116 valence electrons. The van der Waals surface area contributed by atoms with Gasteiger partial charge in [-0.25, -0.2) is 4.79 Å². The Labute approximate surface area is 120 Å². The van der Waals surface area contributed by atoms with E-state index in [0.29, 0.717) is 12.0 Å². The molecule has 1 fully saturated rings. The highest BCUT2D eigenvalue weighted by molar-refractivity contribution is 5.71. The number of amides is 1. The van der Waals surface area contributed by atoms with Crippen LogP contribution < -0.4 is 0 Å². The van der Waals surface area contributed by atoms with E-state index < -0.39 is 23.4 Å². The molecule has 0 spiro atoms. The second kappa shape index (κ2) is 5.55. The first kappa shape index (κ1) is 15.6. The van der Waals surface area contributed by atoms with Crippen molar-refractivity contribution in [1.29, 1.82) is 0 Å². The minimum atomic E-state index is -4.38. The largest absolute Gasteiger partial charge is 0.447 e. The third-order valence-corrected chi connectivity index (χ3v) is 3.65. The van der Waals surface area contributed by atoms with E-state index >= 15 is 0 Å². The second-order valence-electron chi connectivity index (χ2n) is 5.31. The van der Waals surface area contributed by atoms with Gasteiger partial charge in [0.2, 0.25) is 0 Å². The maximum Gasteiger partial charge on any atom is 0.416 e. The molecule has 1 N–H and O–H groups in total. The maximum atomic E-state index is 12.5. The Morgan fingerprint density at radius 2 is 1.95 bits per heavy atom. The lowest BCUT2D eigenvalue weighted by atomic mass is 9.97. The first-order chi connectivity index (χ1) is 9.76. The molecule has 0 aromatic heterocycles. The van der Waals surface area contributed by atoms with Gasteiger partial charge in [-0.1, -0.05) is 12.1 Å². The van der Waals surface area contributed by atoms with E-state index in [4.69, 9.17) is 9.84 Å². The summed E-state index contributed by atoms with van der Waals surface area (Å²) in [5, 5.41) is 9.07. The van der Waals surface area contributed by atoms with Crippen molar-refractivity contribution in [3.63, 3.8) is 0 Å². The number of hydrogen-bond donors (Lipinski definition) is 1. The van der Waals surface area contributed by atoms with Gasteiger partial charge in [-0.15, -0.1) is 0 Å². The van der Waals surface area contributed by atoms with E-state index in [1.54, 1.807) is 6.92 Å². The van der Waals surface area contributed by atoms with Gasteiger partial charge in [-0.2, -0.15) is 13.2 Å². The van der Waals surface area contributed by atoms with Gasteiger partial charge in [0, 0.05) is 13.2 Å². The molecule has 1 aromatic rings. The molecule has 1 heterocycles. The van der Waals surface area contributed by atoms with Crippen LogP contribution in [-0.2, 0) is 17.5 Å². The molecule has 1 unspecified atom stereocenters. The molecule has 21 heavy (non-hydrogen) atoms. The van der Waals surface area contributed by atoms with Gasteiger partial charge in [-0.3, -0.25) is 4.90 Å². The van der Waals surface area contributed by atoms with E-state index in [1.807, 2.05) is 0 Å². The predicted octanol–water partition coefficient (Wildman–Crippen LogP) is 2.80. The number of carbonyl (C=O) groups is 1. The normalized spacial score (nSPS) is 22.5. The standard InChI is InChI=1S/C14H16F3NO3/c1-13(6-7-19)9-21-12(20)18(13)8-10-2-4-11(5-3-10)14(15,16)17/h2-5,19H,6-9H2,1H3. The van der Waals surface area contributed by atoms with Crippen LogP contribution in [0.4, 0.5) is 18.0 Å². The Bertz CT molecular complexity index is 515. The number of ether oxygens (including phenoxy) is 1. The number of alkyl halides is 3. The number of rotatable bonds is 4. The fraction of sp³-hybridized carbons (Fsp3) is 0.500.